The molecule has 8 nitrogen and oxygen atoms in total. The van der Waals surface area contributed by atoms with Crippen LogP contribution in [0.25, 0.3) is 0 Å². The van der Waals surface area contributed by atoms with Gasteiger partial charge in [-0.3, -0.25) is 0 Å². The average molecular weight is 328 g/mol. The van der Waals surface area contributed by atoms with Crippen molar-refractivity contribution in [2.45, 2.75) is 45.3 Å². The van der Waals surface area contributed by atoms with Gasteiger partial charge in [0.15, 0.2) is 0 Å². The first-order chi connectivity index (χ1) is 8.91. The third-order valence-corrected chi connectivity index (χ3v) is 4.14. The number of hydrogen-bond acceptors (Lipinski definition) is 6. The summed E-state index contributed by atoms with van der Waals surface area (Å²) in [7, 11) is -3.10. The molecule has 0 aromatic heterocycles. The van der Waals surface area contributed by atoms with E-state index in [1.807, 2.05) is 0 Å². The van der Waals surface area contributed by atoms with Crippen LogP contribution in [0.15, 0.2) is 0 Å². The van der Waals surface area contributed by atoms with Crippen LogP contribution in [0, 0.1) is 0 Å². The molecule has 0 bridgehead atoms. The highest BCUT2D eigenvalue weighted by molar-refractivity contribution is 8.71. The van der Waals surface area contributed by atoms with Crippen LogP contribution in [0.2, 0.25) is 0 Å². The van der Waals surface area contributed by atoms with E-state index in [4.69, 9.17) is 15.0 Å². The van der Waals surface area contributed by atoms with Crippen LogP contribution in [-0.2, 0) is 18.6 Å². The first kappa shape index (κ1) is 19.0. The second kappa shape index (κ2) is 7.70. The van der Waals surface area contributed by atoms with Crippen LogP contribution >= 0.6 is 10.8 Å². The fraction of sp³-hybridized carbons (Fsp3) is 0.800. The Kier molecular flexibility index (Phi) is 7.31. The van der Waals surface area contributed by atoms with Crippen molar-refractivity contribution in [1.29, 1.82) is 0 Å². The summed E-state index contributed by atoms with van der Waals surface area (Å²) in [6.45, 7) is 4.97. The third-order valence-electron chi connectivity index (χ3n) is 1.87. The summed E-state index contributed by atoms with van der Waals surface area (Å²) < 4.78 is 26.3. The van der Waals surface area contributed by atoms with Crippen LogP contribution in [-0.4, -0.2) is 43.0 Å². The molecule has 10 heteroatoms. The van der Waals surface area contributed by atoms with E-state index in [1.54, 1.807) is 20.8 Å². The maximum atomic E-state index is 11.4. The monoisotopic (exact) mass is 328 g/mol. The molecule has 118 valence electrons. The predicted octanol–water partition coefficient (Wildman–Crippen LogP) is 0.681. The maximum Gasteiger partial charge on any atom is 0.408 e. The van der Waals surface area contributed by atoms with Gasteiger partial charge in [0.1, 0.15) is 11.6 Å². The van der Waals surface area contributed by atoms with Gasteiger partial charge in [-0.1, -0.05) is 0 Å². The Bertz CT molecular complexity index is 443. The van der Waals surface area contributed by atoms with Crippen LogP contribution < -0.4 is 10.5 Å². The molecule has 0 fully saturated rings. The zero-order chi connectivity index (χ0) is 16.0. The number of rotatable bonds is 7. The van der Waals surface area contributed by atoms with E-state index in [2.05, 4.69) is 5.32 Å². The number of carbonyl (C=O) groups is 2. The normalized spacial score (nSPS) is 13.6. The first-order valence-electron chi connectivity index (χ1n) is 5.80. The number of hydrogen-bond donors (Lipinski definition) is 3. The Morgan fingerprint density at radius 1 is 1.40 bits per heavy atom. The number of alkyl carbamates (subject to hydrolysis) is 1. The molecule has 0 aromatic rings. The van der Waals surface area contributed by atoms with E-state index >= 15 is 0 Å². The van der Waals surface area contributed by atoms with Crippen LogP contribution in [0.5, 0.6) is 0 Å². The van der Waals surface area contributed by atoms with Gasteiger partial charge in [0.25, 0.3) is 9.06 Å². The SMILES string of the molecule is CC(C)(C)OC(=O)N[C@@H](CCCSS(N)(=O)=O)C(=O)O. The van der Waals surface area contributed by atoms with Crippen molar-refractivity contribution in [1.82, 2.24) is 5.32 Å². The lowest BCUT2D eigenvalue weighted by atomic mass is 10.2. The molecule has 0 unspecified atom stereocenters. The predicted molar refractivity (Wildman–Crippen MR) is 75.6 cm³/mol. The number of aliphatic carboxylic acids is 1. The molecular weight excluding hydrogens is 308 g/mol. The summed E-state index contributed by atoms with van der Waals surface area (Å²) in [4.78, 5) is 22.4. The molecule has 0 aliphatic carbocycles. The van der Waals surface area contributed by atoms with Crippen molar-refractivity contribution >= 4 is 31.9 Å². The summed E-state index contributed by atoms with van der Waals surface area (Å²) in [6.07, 6.45) is -0.477. The van der Waals surface area contributed by atoms with E-state index in [0.717, 1.165) is 0 Å². The van der Waals surface area contributed by atoms with Gasteiger partial charge in [0.2, 0.25) is 0 Å². The number of nitrogens with one attached hydrogen (secondary N) is 1. The minimum Gasteiger partial charge on any atom is -0.480 e. The third kappa shape index (κ3) is 10.9. The summed E-state index contributed by atoms with van der Waals surface area (Å²) in [6, 6.07) is -1.13. The minimum atomic E-state index is -3.63. The van der Waals surface area contributed by atoms with Crippen LogP contribution in [0.3, 0.4) is 0 Å². The molecule has 20 heavy (non-hydrogen) atoms. The highest BCUT2D eigenvalue weighted by Gasteiger charge is 2.23. The van der Waals surface area contributed by atoms with Crippen molar-refractivity contribution < 1.29 is 27.9 Å². The van der Waals surface area contributed by atoms with Crippen molar-refractivity contribution in [2.24, 2.45) is 5.14 Å². The average Bonchev–Trinajstić information content (AvgIpc) is 2.17. The van der Waals surface area contributed by atoms with Gasteiger partial charge in [-0.05, 0) is 44.4 Å². The summed E-state index contributed by atoms with van der Waals surface area (Å²) in [5.74, 6) is -1.06. The highest BCUT2D eigenvalue weighted by Crippen LogP contribution is 2.12. The van der Waals surface area contributed by atoms with Gasteiger partial charge in [-0.25, -0.2) is 23.1 Å². The molecule has 1 atom stereocenters. The quantitative estimate of drug-likeness (QED) is 0.462. The Hall–Kier alpha value is -1.00. The number of nitrogens with two attached hydrogens (primary N) is 1. The van der Waals surface area contributed by atoms with E-state index < -0.39 is 32.8 Å². The molecule has 0 aliphatic rings. The number of carboxylic acid groups (broad SMARTS) is 1. The van der Waals surface area contributed by atoms with E-state index in [9.17, 15) is 18.0 Å². The van der Waals surface area contributed by atoms with Crippen LogP contribution in [0.4, 0.5) is 4.79 Å². The number of carbonyl (C=O) groups excluding carboxylic acids is 1. The lowest BCUT2D eigenvalue weighted by molar-refractivity contribution is -0.139. The second-order valence-corrected chi connectivity index (χ2v) is 8.72. The molecule has 0 radical (unpaired) electrons. The first-order valence-corrected chi connectivity index (χ1v) is 8.85. The summed E-state index contributed by atoms with van der Waals surface area (Å²) >= 11 is 0. The Morgan fingerprint density at radius 2 is 1.95 bits per heavy atom. The Labute approximate surface area is 121 Å². The second-order valence-electron chi connectivity index (χ2n) is 4.99. The van der Waals surface area contributed by atoms with Gasteiger partial charge < -0.3 is 15.2 Å². The molecule has 0 saturated carbocycles. The van der Waals surface area contributed by atoms with Crippen molar-refractivity contribution in [2.75, 3.05) is 5.75 Å². The maximum absolute atomic E-state index is 11.4. The number of carboxylic acids is 1. The van der Waals surface area contributed by atoms with Crippen LogP contribution in [0.1, 0.15) is 33.6 Å². The lowest BCUT2D eigenvalue weighted by Gasteiger charge is -2.21. The van der Waals surface area contributed by atoms with Gasteiger partial charge >= 0.3 is 12.1 Å². The van der Waals surface area contributed by atoms with Crippen molar-refractivity contribution in [3.63, 3.8) is 0 Å². The van der Waals surface area contributed by atoms with Gasteiger partial charge in [0, 0.05) is 5.75 Å². The molecule has 1 amide bonds. The van der Waals surface area contributed by atoms with E-state index in [-0.39, 0.29) is 18.6 Å². The summed E-state index contributed by atoms with van der Waals surface area (Å²) in [5, 5.41) is 16.0. The Morgan fingerprint density at radius 3 is 2.35 bits per heavy atom. The molecule has 0 aliphatic heterocycles. The Balaban J connectivity index is 4.25. The fourth-order valence-electron chi connectivity index (χ4n) is 1.17. The molecule has 0 heterocycles. The molecule has 0 saturated heterocycles. The topological polar surface area (TPSA) is 136 Å². The summed E-state index contributed by atoms with van der Waals surface area (Å²) in [5.41, 5.74) is -0.726. The smallest absolute Gasteiger partial charge is 0.408 e. The van der Waals surface area contributed by atoms with Crippen molar-refractivity contribution in [3.05, 3.63) is 0 Å². The van der Waals surface area contributed by atoms with Gasteiger partial charge in [0.05, 0.1) is 0 Å². The number of ether oxygens (including phenoxy) is 1. The fourth-order valence-corrected chi connectivity index (χ4v) is 2.74. The minimum absolute atomic E-state index is 0.0805. The largest absolute Gasteiger partial charge is 0.480 e. The van der Waals surface area contributed by atoms with Gasteiger partial charge in [-0.2, -0.15) is 0 Å². The molecular formula is C10H20N2O6S2. The zero-order valence-electron chi connectivity index (χ0n) is 11.6. The van der Waals surface area contributed by atoms with Crippen molar-refractivity contribution in [3.8, 4) is 0 Å². The standard InChI is InChI=1S/C10H20N2O6S2/c1-10(2,3)18-9(15)12-7(8(13)14)5-4-6-19-20(11,16)17/h7H,4-6H2,1-3H3,(H,12,15)(H,13,14)(H2,11,16,17)/t7-/m0/s1. The highest BCUT2D eigenvalue weighted by atomic mass is 33.1. The molecule has 0 aromatic carbocycles. The molecule has 4 N–H and O–H groups in total. The van der Waals surface area contributed by atoms with Gasteiger partial charge in [-0.15, -0.1) is 0 Å². The zero-order valence-corrected chi connectivity index (χ0v) is 13.2. The molecule has 0 rings (SSSR count). The van der Waals surface area contributed by atoms with E-state index in [0.29, 0.717) is 10.8 Å². The molecule has 0 spiro atoms. The lowest BCUT2D eigenvalue weighted by Crippen LogP contribution is -2.43. The van der Waals surface area contributed by atoms with E-state index in [1.165, 1.54) is 0 Å². The number of amides is 1.